The van der Waals surface area contributed by atoms with Crippen LogP contribution in [0, 0.1) is 6.92 Å². The molecule has 1 aromatic rings. The van der Waals surface area contributed by atoms with Crippen LogP contribution in [0.2, 0.25) is 0 Å². The van der Waals surface area contributed by atoms with E-state index in [-0.39, 0.29) is 5.75 Å². The van der Waals surface area contributed by atoms with Crippen molar-refractivity contribution in [2.24, 2.45) is 0 Å². The topological polar surface area (TPSA) is 58.6 Å². The van der Waals surface area contributed by atoms with Gasteiger partial charge in [0.05, 0.1) is 12.7 Å². The van der Waals surface area contributed by atoms with E-state index in [2.05, 4.69) is 10.1 Å². The Balaban J connectivity index is 2.59. The van der Waals surface area contributed by atoms with Crippen molar-refractivity contribution in [2.45, 2.75) is 13.3 Å². The molecule has 0 aromatic heterocycles. The Hall–Kier alpha value is -1.71. The van der Waals surface area contributed by atoms with E-state index in [0.717, 1.165) is 24.2 Å². The zero-order valence-corrected chi connectivity index (χ0v) is 8.76. The number of hydrogen-bond acceptors (Lipinski definition) is 4. The Labute approximate surface area is 87.9 Å². The van der Waals surface area contributed by atoms with E-state index < -0.39 is 5.97 Å². The molecule has 0 aliphatic carbocycles. The van der Waals surface area contributed by atoms with Gasteiger partial charge in [0.1, 0.15) is 5.75 Å². The number of nitrogens with one attached hydrogen (secondary N) is 1. The van der Waals surface area contributed by atoms with Gasteiger partial charge in [-0.1, -0.05) is 0 Å². The number of fused-ring (bicyclic) bond motifs is 1. The highest BCUT2D eigenvalue weighted by atomic mass is 16.5. The third-order valence-electron chi connectivity index (χ3n) is 2.75. The molecule has 0 saturated carbocycles. The largest absolute Gasteiger partial charge is 0.507 e. The molecule has 0 fully saturated rings. The van der Waals surface area contributed by atoms with Crippen LogP contribution in [0.5, 0.6) is 5.75 Å². The van der Waals surface area contributed by atoms with E-state index in [4.69, 9.17) is 0 Å². The Morgan fingerprint density at radius 1 is 1.60 bits per heavy atom. The van der Waals surface area contributed by atoms with E-state index >= 15 is 0 Å². The summed E-state index contributed by atoms with van der Waals surface area (Å²) in [5.41, 5.74) is 2.73. The van der Waals surface area contributed by atoms with Crippen LogP contribution in [0.1, 0.15) is 21.5 Å². The molecule has 15 heavy (non-hydrogen) atoms. The van der Waals surface area contributed by atoms with Crippen molar-refractivity contribution in [3.05, 3.63) is 22.8 Å². The summed E-state index contributed by atoms with van der Waals surface area (Å²) in [7, 11) is 1.33. The van der Waals surface area contributed by atoms with Gasteiger partial charge in [0, 0.05) is 23.4 Å². The predicted octanol–water partition coefficient (Wildman–Crippen LogP) is 1.46. The van der Waals surface area contributed by atoms with Crippen molar-refractivity contribution in [1.82, 2.24) is 0 Å². The number of esters is 1. The van der Waals surface area contributed by atoms with E-state index in [1.54, 1.807) is 13.0 Å². The van der Waals surface area contributed by atoms with Crippen LogP contribution in [-0.4, -0.2) is 24.7 Å². The number of phenols is 1. The number of benzene rings is 1. The number of rotatable bonds is 1. The molecule has 2 rings (SSSR count). The van der Waals surface area contributed by atoms with Gasteiger partial charge in [-0.25, -0.2) is 4.79 Å². The summed E-state index contributed by atoms with van der Waals surface area (Å²) in [5, 5.41) is 13.0. The number of methoxy groups -OCH3 is 1. The average molecular weight is 207 g/mol. The molecular weight excluding hydrogens is 194 g/mol. The van der Waals surface area contributed by atoms with Crippen LogP contribution in [0.15, 0.2) is 6.07 Å². The fourth-order valence-corrected chi connectivity index (χ4v) is 1.88. The molecule has 0 spiro atoms. The quantitative estimate of drug-likeness (QED) is 0.684. The highest BCUT2D eigenvalue weighted by molar-refractivity contribution is 5.94. The first kappa shape index (κ1) is 9.83. The number of ether oxygens (including phenoxy) is 1. The number of phenolic OH excluding ortho intramolecular Hbond substituents is 1. The molecule has 0 bridgehead atoms. The van der Waals surface area contributed by atoms with E-state index in [1.807, 2.05) is 0 Å². The molecule has 0 amide bonds. The lowest BCUT2D eigenvalue weighted by Gasteiger charge is -2.10. The molecule has 1 aliphatic rings. The normalized spacial score (nSPS) is 13.2. The van der Waals surface area contributed by atoms with Gasteiger partial charge < -0.3 is 15.2 Å². The van der Waals surface area contributed by atoms with E-state index in [9.17, 15) is 9.90 Å². The smallest absolute Gasteiger partial charge is 0.338 e. The van der Waals surface area contributed by atoms with Crippen LogP contribution < -0.4 is 5.32 Å². The summed E-state index contributed by atoms with van der Waals surface area (Å²) in [6.07, 6.45) is 0.795. The second-order valence-electron chi connectivity index (χ2n) is 3.59. The number of aromatic hydroxyl groups is 1. The highest BCUT2D eigenvalue weighted by Gasteiger charge is 2.21. The SMILES string of the molecule is COC(=O)c1cc2c(c(O)c1C)CCN2. The molecular formula is C11H13NO3. The molecule has 1 heterocycles. The molecule has 0 radical (unpaired) electrons. The molecule has 4 nitrogen and oxygen atoms in total. The molecule has 80 valence electrons. The van der Waals surface area contributed by atoms with Gasteiger partial charge in [0.15, 0.2) is 0 Å². The second kappa shape index (κ2) is 3.46. The van der Waals surface area contributed by atoms with Gasteiger partial charge >= 0.3 is 5.97 Å². The van der Waals surface area contributed by atoms with Crippen molar-refractivity contribution in [2.75, 3.05) is 19.0 Å². The highest BCUT2D eigenvalue weighted by Crippen LogP contribution is 2.35. The van der Waals surface area contributed by atoms with Crippen LogP contribution >= 0.6 is 0 Å². The minimum atomic E-state index is -0.417. The summed E-state index contributed by atoms with van der Waals surface area (Å²) < 4.78 is 4.65. The van der Waals surface area contributed by atoms with Crippen LogP contribution in [0.25, 0.3) is 0 Å². The minimum Gasteiger partial charge on any atom is -0.507 e. The van der Waals surface area contributed by atoms with Crippen molar-refractivity contribution in [3.8, 4) is 5.75 Å². The van der Waals surface area contributed by atoms with Gasteiger partial charge in [0.2, 0.25) is 0 Å². The van der Waals surface area contributed by atoms with Crippen LogP contribution in [-0.2, 0) is 11.2 Å². The number of carbonyl (C=O) groups excluding carboxylic acids is 1. The van der Waals surface area contributed by atoms with Gasteiger partial charge in [0.25, 0.3) is 0 Å². The fraction of sp³-hybridized carbons (Fsp3) is 0.364. The predicted molar refractivity (Wildman–Crippen MR) is 56.4 cm³/mol. The third kappa shape index (κ3) is 1.42. The van der Waals surface area contributed by atoms with E-state index in [1.165, 1.54) is 7.11 Å². The van der Waals surface area contributed by atoms with Crippen LogP contribution in [0.4, 0.5) is 5.69 Å². The average Bonchev–Trinajstić information content (AvgIpc) is 2.70. The molecule has 1 aromatic carbocycles. The van der Waals surface area contributed by atoms with Gasteiger partial charge in [-0.3, -0.25) is 0 Å². The first-order valence-corrected chi connectivity index (χ1v) is 4.82. The lowest BCUT2D eigenvalue weighted by atomic mass is 10.0. The standard InChI is InChI=1S/C11H13NO3/c1-6-8(11(14)15-2)5-9-7(10(6)13)3-4-12-9/h5,12-13H,3-4H2,1-2H3. The molecule has 0 unspecified atom stereocenters. The lowest BCUT2D eigenvalue weighted by molar-refractivity contribution is 0.0599. The summed E-state index contributed by atoms with van der Waals surface area (Å²) in [4.78, 5) is 11.4. The zero-order valence-electron chi connectivity index (χ0n) is 8.76. The monoisotopic (exact) mass is 207 g/mol. The maximum atomic E-state index is 11.4. The molecule has 4 heteroatoms. The Bertz CT molecular complexity index is 426. The third-order valence-corrected chi connectivity index (χ3v) is 2.75. The Morgan fingerprint density at radius 2 is 2.33 bits per heavy atom. The first-order valence-electron chi connectivity index (χ1n) is 4.82. The minimum absolute atomic E-state index is 0.206. The maximum Gasteiger partial charge on any atom is 0.338 e. The van der Waals surface area contributed by atoms with Crippen molar-refractivity contribution in [1.29, 1.82) is 0 Å². The number of anilines is 1. The van der Waals surface area contributed by atoms with E-state index in [0.29, 0.717) is 11.1 Å². The number of carbonyl (C=O) groups is 1. The summed E-state index contributed by atoms with van der Waals surface area (Å²) in [6.45, 7) is 2.52. The molecule has 0 saturated heterocycles. The molecule has 2 N–H and O–H groups in total. The number of hydrogen-bond donors (Lipinski definition) is 2. The van der Waals surface area contributed by atoms with Gasteiger partial charge in [-0.05, 0) is 19.4 Å². The van der Waals surface area contributed by atoms with Crippen molar-refractivity contribution >= 4 is 11.7 Å². The zero-order chi connectivity index (χ0) is 11.0. The van der Waals surface area contributed by atoms with Gasteiger partial charge in [-0.2, -0.15) is 0 Å². The summed E-state index contributed by atoms with van der Waals surface area (Å²) in [6, 6.07) is 1.74. The molecule has 0 atom stereocenters. The molecule has 1 aliphatic heterocycles. The van der Waals surface area contributed by atoms with Crippen molar-refractivity contribution < 1.29 is 14.6 Å². The summed E-state index contributed by atoms with van der Waals surface area (Å²) in [5.74, 6) is -0.211. The van der Waals surface area contributed by atoms with Gasteiger partial charge in [-0.15, -0.1) is 0 Å². The first-order chi connectivity index (χ1) is 7.15. The summed E-state index contributed by atoms with van der Waals surface area (Å²) >= 11 is 0. The lowest BCUT2D eigenvalue weighted by Crippen LogP contribution is -2.05. The van der Waals surface area contributed by atoms with Crippen LogP contribution in [0.3, 0.4) is 0 Å². The fourth-order valence-electron chi connectivity index (χ4n) is 1.88. The Kier molecular flexibility index (Phi) is 2.26. The maximum absolute atomic E-state index is 11.4. The Morgan fingerprint density at radius 3 is 3.00 bits per heavy atom. The second-order valence-corrected chi connectivity index (χ2v) is 3.59. The van der Waals surface area contributed by atoms with Crippen molar-refractivity contribution in [3.63, 3.8) is 0 Å².